The van der Waals surface area contributed by atoms with Crippen molar-refractivity contribution >= 4 is 29.6 Å². The summed E-state index contributed by atoms with van der Waals surface area (Å²) in [7, 11) is 0. The van der Waals surface area contributed by atoms with Gasteiger partial charge in [0.25, 0.3) is 0 Å². The van der Waals surface area contributed by atoms with Crippen molar-refractivity contribution in [2.24, 2.45) is 0 Å². The third-order valence-electron chi connectivity index (χ3n) is 6.57. The molecule has 5 rings (SSSR count). The normalized spacial score (nSPS) is 21.5. The number of nitrogens with zero attached hydrogens (tertiary/aromatic N) is 1. The van der Waals surface area contributed by atoms with Gasteiger partial charge in [0.05, 0.1) is 19.8 Å². The molecule has 10 heteroatoms. The maximum Gasteiger partial charge on any atom is 0.453 e. The Hall–Kier alpha value is -3.46. The van der Waals surface area contributed by atoms with Gasteiger partial charge in [0, 0.05) is 11.1 Å². The number of benzene rings is 2. The van der Waals surface area contributed by atoms with Gasteiger partial charge in [-0.3, -0.25) is 0 Å². The van der Waals surface area contributed by atoms with Crippen LogP contribution in [-0.2, 0) is 36.6 Å². The molecule has 1 fully saturated rings. The summed E-state index contributed by atoms with van der Waals surface area (Å²) in [6.07, 6.45) is 1.22. The molecule has 0 saturated carbocycles. The number of rotatable bonds is 6. The Bertz CT molecular complexity index is 1200. The maximum atomic E-state index is 12.7. The SMILES string of the molecule is CCOC(=O)C1(C(=O)OCC)Oc2cc3c(cc2O1)C[C@@H](N1C[C@@H](c2cccc(Cl)c2)OC1=O)CC3. The van der Waals surface area contributed by atoms with Crippen molar-refractivity contribution in [3.8, 4) is 11.5 Å². The van der Waals surface area contributed by atoms with Crippen LogP contribution in [0.3, 0.4) is 0 Å². The minimum absolute atomic E-state index is 0.0450. The third-order valence-corrected chi connectivity index (χ3v) is 6.80. The van der Waals surface area contributed by atoms with E-state index in [-0.39, 0.29) is 43.0 Å². The second-order valence-electron chi connectivity index (χ2n) is 8.81. The lowest BCUT2D eigenvalue weighted by Crippen LogP contribution is -2.55. The number of hydrogen-bond donors (Lipinski definition) is 0. The van der Waals surface area contributed by atoms with Crippen LogP contribution in [0.25, 0.3) is 0 Å². The van der Waals surface area contributed by atoms with E-state index >= 15 is 0 Å². The van der Waals surface area contributed by atoms with Crippen LogP contribution in [0.1, 0.15) is 43.1 Å². The van der Waals surface area contributed by atoms with Crippen molar-refractivity contribution in [3.63, 3.8) is 0 Å². The number of cyclic esters (lactones) is 1. The highest BCUT2D eigenvalue weighted by atomic mass is 35.5. The van der Waals surface area contributed by atoms with Gasteiger partial charge >= 0.3 is 23.8 Å². The Morgan fingerprint density at radius 2 is 1.72 bits per heavy atom. The van der Waals surface area contributed by atoms with Crippen molar-refractivity contribution in [3.05, 3.63) is 58.1 Å². The lowest BCUT2D eigenvalue weighted by atomic mass is 9.87. The van der Waals surface area contributed by atoms with Crippen molar-refractivity contribution < 1.29 is 38.1 Å². The molecular weight excluding hydrogens is 490 g/mol. The third kappa shape index (κ3) is 4.21. The summed E-state index contributed by atoms with van der Waals surface area (Å²) in [5.41, 5.74) is 2.79. The predicted octanol–water partition coefficient (Wildman–Crippen LogP) is 3.98. The molecule has 190 valence electrons. The molecule has 0 N–H and O–H groups in total. The molecule has 9 nitrogen and oxygen atoms in total. The topological polar surface area (TPSA) is 101 Å². The van der Waals surface area contributed by atoms with Gasteiger partial charge in [-0.05, 0) is 74.1 Å². The van der Waals surface area contributed by atoms with Crippen molar-refractivity contribution in [2.45, 2.75) is 51.0 Å². The van der Waals surface area contributed by atoms with Crippen LogP contribution in [0.15, 0.2) is 36.4 Å². The van der Waals surface area contributed by atoms with Crippen LogP contribution in [0, 0.1) is 0 Å². The van der Waals surface area contributed by atoms with E-state index in [2.05, 4.69) is 0 Å². The van der Waals surface area contributed by atoms with Crippen molar-refractivity contribution in [1.29, 1.82) is 0 Å². The van der Waals surface area contributed by atoms with E-state index in [1.807, 2.05) is 12.1 Å². The van der Waals surface area contributed by atoms with E-state index in [1.165, 1.54) is 0 Å². The fourth-order valence-corrected chi connectivity index (χ4v) is 5.06. The predicted molar refractivity (Wildman–Crippen MR) is 127 cm³/mol. The molecule has 1 aliphatic carbocycles. The van der Waals surface area contributed by atoms with Gasteiger partial charge in [-0.2, -0.15) is 0 Å². The highest BCUT2D eigenvalue weighted by Crippen LogP contribution is 2.44. The smallest absolute Gasteiger partial charge is 0.453 e. The first-order valence-electron chi connectivity index (χ1n) is 12.0. The number of hydrogen-bond acceptors (Lipinski definition) is 8. The molecule has 0 bridgehead atoms. The number of carbonyl (C=O) groups excluding carboxylic acids is 3. The van der Waals surface area contributed by atoms with Crippen LogP contribution in [-0.4, -0.2) is 54.5 Å². The zero-order chi connectivity index (χ0) is 25.4. The maximum absolute atomic E-state index is 12.7. The monoisotopic (exact) mass is 515 g/mol. The second-order valence-corrected chi connectivity index (χ2v) is 9.24. The molecule has 0 aromatic heterocycles. The minimum Gasteiger partial charge on any atom is -0.460 e. The first-order valence-corrected chi connectivity index (χ1v) is 12.3. The Morgan fingerprint density at radius 3 is 2.36 bits per heavy atom. The van der Waals surface area contributed by atoms with Crippen LogP contribution in [0.2, 0.25) is 5.02 Å². The standard InChI is InChI=1S/C26H26ClNO8/c1-3-32-23(29)26(24(30)33-4-2)35-20-12-15-8-9-19(11-17(15)13-21(20)36-26)28-14-22(34-25(28)31)16-6-5-7-18(27)10-16/h5-7,10,12-13,19,22H,3-4,8-9,11,14H2,1-2H3/t19-,22-/m0/s1. The Balaban J connectivity index is 1.35. The first kappa shape index (κ1) is 24.2. The number of ether oxygens (including phenoxy) is 5. The number of esters is 2. The molecule has 1 saturated heterocycles. The summed E-state index contributed by atoms with van der Waals surface area (Å²) in [5.74, 6) is -3.75. The van der Waals surface area contributed by atoms with Crippen LogP contribution >= 0.6 is 11.6 Å². The molecule has 2 atom stereocenters. The van der Waals surface area contributed by atoms with Gasteiger partial charge in [-0.25, -0.2) is 14.4 Å². The molecule has 0 spiro atoms. The summed E-state index contributed by atoms with van der Waals surface area (Å²) in [6.45, 7) is 3.77. The van der Waals surface area contributed by atoms with E-state index in [4.69, 9.17) is 35.3 Å². The summed E-state index contributed by atoms with van der Waals surface area (Å²) < 4.78 is 27.2. The Kier molecular flexibility index (Phi) is 6.42. The van der Waals surface area contributed by atoms with Crippen LogP contribution in [0.4, 0.5) is 4.79 Å². The number of amides is 1. The number of aryl methyl sites for hydroxylation is 1. The highest BCUT2D eigenvalue weighted by Gasteiger charge is 2.60. The summed E-state index contributed by atoms with van der Waals surface area (Å²) >= 11 is 6.11. The molecule has 36 heavy (non-hydrogen) atoms. The van der Waals surface area contributed by atoms with Gasteiger partial charge < -0.3 is 28.6 Å². The van der Waals surface area contributed by atoms with Gasteiger partial charge in [0.1, 0.15) is 6.10 Å². The Morgan fingerprint density at radius 1 is 1.06 bits per heavy atom. The highest BCUT2D eigenvalue weighted by molar-refractivity contribution is 6.30. The average Bonchev–Trinajstić information content (AvgIpc) is 3.44. The molecule has 1 amide bonds. The molecule has 2 aliphatic heterocycles. The van der Waals surface area contributed by atoms with Crippen molar-refractivity contribution in [1.82, 2.24) is 4.90 Å². The van der Waals surface area contributed by atoms with E-state index in [0.717, 1.165) is 23.1 Å². The fourth-order valence-electron chi connectivity index (χ4n) is 4.86. The largest absolute Gasteiger partial charge is 0.460 e. The van der Waals surface area contributed by atoms with Gasteiger partial charge in [-0.15, -0.1) is 0 Å². The minimum atomic E-state index is -2.33. The average molecular weight is 516 g/mol. The number of carbonyl (C=O) groups is 3. The second kappa shape index (κ2) is 9.54. The lowest BCUT2D eigenvalue weighted by molar-refractivity contribution is -0.202. The molecule has 2 heterocycles. The van der Waals surface area contributed by atoms with Gasteiger partial charge in [0.15, 0.2) is 11.5 Å². The molecular formula is C26H26ClNO8. The summed E-state index contributed by atoms with van der Waals surface area (Å²) in [6, 6.07) is 10.8. The zero-order valence-electron chi connectivity index (χ0n) is 20.0. The summed E-state index contributed by atoms with van der Waals surface area (Å²) in [5, 5.41) is 0.589. The fraction of sp³-hybridized carbons (Fsp3) is 0.423. The molecule has 0 unspecified atom stereocenters. The van der Waals surface area contributed by atoms with Crippen molar-refractivity contribution in [2.75, 3.05) is 19.8 Å². The van der Waals surface area contributed by atoms with Crippen LogP contribution in [0.5, 0.6) is 11.5 Å². The lowest BCUT2D eigenvalue weighted by Gasteiger charge is -2.30. The molecule has 2 aromatic carbocycles. The van der Waals surface area contributed by atoms with Gasteiger partial charge in [0.2, 0.25) is 0 Å². The van der Waals surface area contributed by atoms with E-state index < -0.39 is 17.7 Å². The van der Waals surface area contributed by atoms with Crippen LogP contribution < -0.4 is 9.47 Å². The van der Waals surface area contributed by atoms with E-state index in [1.54, 1.807) is 43.0 Å². The number of fused-ring (bicyclic) bond motifs is 2. The quantitative estimate of drug-likeness (QED) is 0.323. The zero-order valence-corrected chi connectivity index (χ0v) is 20.7. The van der Waals surface area contributed by atoms with E-state index in [0.29, 0.717) is 24.4 Å². The number of halogens is 1. The molecule has 0 radical (unpaired) electrons. The molecule has 2 aromatic rings. The summed E-state index contributed by atoms with van der Waals surface area (Å²) in [4.78, 5) is 39.8. The Labute approximate surface area is 213 Å². The molecule has 3 aliphatic rings. The van der Waals surface area contributed by atoms with E-state index in [9.17, 15) is 14.4 Å². The van der Waals surface area contributed by atoms with Gasteiger partial charge in [-0.1, -0.05) is 23.7 Å². The first-order chi connectivity index (χ1) is 17.3.